The lowest BCUT2D eigenvalue weighted by Gasteiger charge is -2.27. The van der Waals surface area contributed by atoms with Gasteiger partial charge in [-0.2, -0.15) is 0 Å². The Balaban J connectivity index is 1.64. The Morgan fingerprint density at radius 2 is 1.92 bits per heavy atom. The summed E-state index contributed by atoms with van der Waals surface area (Å²) in [6.45, 7) is 7.70. The molecule has 3 rings (SSSR count). The number of aryl methyl sites for hydroxylation is 2. The van der Waals surface area contributed by atoms with E-state index in [0.717, 1.165) is 35.8 Å². The maximum absolute atomic E-state index is 12.5. The van der Waals surface area contributed by atoms with E-state index in [-0.39, 0.29) is 5.91 Å². The lowest BCUT2D eigenvalue weighted by molar-refractivity contribution is -0.122. The maximum atomic E-state index is 12.5. The van der Waals surface area contributed by atoms with E-state index in [4.69, 9.17) is 4.74 Å². The minimum absolute atomic E-state index is 0.228. The summed E-state index contributed by atoms with van der Waals surface area (Å²) >= 11 is 0. The third kappa shape index (κ3) is 4.50. The van der Waals surface area contributed by atoms with E-state index in [0.29, 0.717) is 5.82 Å². The molecule has 1 aliphatic heterocycles. The van der Waals surface area contributed by atoms with Crippen molar-refractivity contribution in [2.75, 3.05) is 23.3 Å². The molecular formula is C20H26N4O2. The van der Waals surface area contributed by atoms with Gasteiger partial charge in [0.05, 0.1) is 0 Å². The van der Waals surface area contributed by atoms with E-state index in [1.807, 2.05) is 38.1 Å². The molecule has 0 radical (unpaired) electrons. The number of anilines is 2. The summed E-state index contributed by atoms with van der Waals surface area (Å²) < 4.78 is 5.84. The normalized spacial score (nSPS) is 15.4. The monoisotopic (exact) mass is 354 g/mol. The van der Waals surface area contributed by atoms with E-state index in [2.05, 4.69) is 20.2 Å². The predicted molar refractivity (Wildman–Crippen MR) is 103 cm³/mol. The van der Waals surface area contributed by atoms with E-state index < -0.39 is 6.10 Å². The maximum Gasteiger partial charge on any atom is 0.266 e. The van der Waals surface area contributed by atoms with Crippen molar-refractivity contribution in [1.82, 2.24) is 9.97 Å². The van der Waals surface area contributed by atoms with Crippen molar-refractivity contribution in [3.8, 4) is 5.75 Å². The predicted octanol–water partition coefficient (Wildman–Crippen LogP) is 3.49. The van der Waals surface area contributed by atoms with Crippen LogP contribution < -0.4 is 15.0 Å². The van der Waals surface area contributed by atoms with Gasteiger partial charge in [-0.05, 0) is 57.2 Å². The van der Waals surface area contributed by atoms with Gasteiger partial charge >= 0.3 is 0 Å². The van der Waals surface area contributed by atoms with Gasteiger partial charge in [0.25, 0.3) is 5.91 Å². The van der Waals surface area contributed by atoms with Crippen LogP contribution in [-0.2, 0) is 4.79 Å². The standard InChI is InChI=1S/C20H26N4O2/c1-14-7-8-15(2)17(11-14)26-16(3)20(25)23-18-12-19(22-13-21-18)24-9-5-4-6-10-24/h7-8,11-13,16H,4-6,9-10H2,1-3H3,(H,21,22,23,25). The number of rotatable bonds is 5. The van der Waals surface area contributed by atoms with E-state index in [9.17, 15) is 4.79 Å². The zero-order valence-electron chi connectivity index (χ0n) is 15.7. The molecule has 1 N–H and O–H groups in total. The van der Waals surface area contributed by atoms with Crippen LogP contribution in [0.25, 0.3) is 0 Å². The largest absolute Gasteiger partial charge is 0.481 e. The third-order valence-electron chi connectivity index (χ3n) is 4.60. The van der Waals surface area contributed by atoms with E-state index in [1.165, 1.54) is 25.6 Å². The molecule has 1 aromatic carbocycles. The molecule has 6 heteroatoms. The summed E-state index contributed by atoms with van der Waals surface area (Å²) in [5, 5.41) is 2.83. The average Bonchev–Trinajstić information content (AvgIpc) is 2.65. The molecule has 2 heterocycles. The Morgan fingerprint density at radius 3 is 2.69 bits per heavy atom. The molecule has 1 aromatic heterocycles. The van der Waals surface area contributed by atoms with Crippen molar-refractivity contribution in [3.63, 3.8) is 0 Å². The van der Waals surface area contributed by atoms with Crippen LogP contribution in [0.4, 0.5) is 11.6 Å². The number of nitrogens with one attached hydrogen (secondary N) is 1. The van der Waals surface area contributed by atoms with Crippen LogP contribution in [0, 0.1) is 13.8 Å². The summed E-state index contributed by atoms with van der Waals surface area (Å²) in [5.74, 6) is 1.86. The second-order valence-corrected chi connectivity index (χ2v) is 6.83. The summed E-state index contributed by atoms with van der Waals surface area (Å²) in [7, 11) is 0. The lowest BCUT2D eigenvalue weighted by atomic mass is 10.1. The van der Waals surface area contributed by atoms with Crippen molar-refractivity contribution < 1.29 is 9.53 Å². The Labute approximate surface area is 154 Å². The van der Waals surface area contributed by atoms with Crippen LogP contribution in [0.3, 0.4) is 0 Å². The van der Waals surface area contributed by atoms with Gasteiger partial charge in [0.1, 0.15) is 23.7 Å². The first kappa shape index (κ1) is 18.2. The molecule has 0 bridgehead atoms. The second kappa shape index (κ2) is 8.17. The van der Waals surface area contributed by atoms with Gasteiger partial charge in [-0.15, -0.1) is 0 Å². The topological polar surface area (TPSA) is 67.3 Å². The highest BCUT2D eigenvalue weighted by atomic mass is 16.5. The fourth-order valence-electron chi connectivity index (χ4n) is 3.02. The van der Waals surface area contributed by atoms with Crippen LogP contribution in [0.15, 0.2) is 30.6 Å². The highest BCUT2D eigenvalue weighted by Gasteiger charge is 2.18. The molecule has 1 saturated heterocycles. The summed E-state index contributed by atoms with van der Waals surface area (Å²) in [6, 6.07) is 7.78. The first-order valence-electron chi connectivity index (χ1n) is 9.15. The quantitative estimate of drug-likeness (QED) is 0.890. The van der Waals surface area contributed by atoms with Gasteiger partial charge in [-0.3, -0.25) is 4.79 Å². The van der Waals surface area contributed by atoms with Crippen molar-refractivity contribution in [1.29, 1.82) is 0 Å². The van der Waals surface area contributed by atoms with Crippen molar-refractivity contribution in [2.45, 2.75) is 46.1 Å². The molecule has 1 fully saturated rings. The number of carbonyl (C=O) groups excluding carboxylic acids is 1. The zero-order chi connectivity index (χ0) is 18.5. The Bertz CT molecular complexity index is 772. The number of hydrogen-bond acceptors (Lipinski definition) is 5. The molecular weight excluding hydrogens is 328 g/mol. The van der Waals surface area contributed by atoms with Crippen LogP contribution in [-0.4, -0.2) is 35.1 Å². The molecule has 0 saturated carbocycles. The van der Waals surface area contributed by atoms with E-state index in [1.54, 1.807) is 6.92 Å². The minimum Gasteiger partial charge on any atom is -0.481 e. The molecule has 1 aliphatic rings. The minimum atomic E-state index is -0.621. The fourth-order valence-corrected chi connectivity index (χ4v) is 3.02. The zero-order valence-corrected chi connectivity index (χ0v) is 15.7. The molecule has 1 unspecified atom stereocenters. The number of ether oxygens (including phenoxy) is 1. The SMILES string of the molecule is Cc1ccc(C)c(OC(C)C(=O)Nc2cc(N3CCCCC3)ncn2)c1. The molecule has 1 amide bonds. The van der Waals surface area contributed by atoms with Gasteiger partial charge in [0, 0.05) is 19.2 Å². The van der Waals surface area contributed by atoms with Crippen LogP contribution in [0.2, 0.25) is 0 Å². The Morgan fingerprint density at radius 1 is 1.15 bits per heavy atom. The summed E-state index contributed by atoms with van der Waals surface area (Å²) in [6.07, 6.45) is 4.48. The number of hydrogen-bond donors (Lipinski definition) is 1. The number of piperidine rings is 1. The number of benzene rings is 1. The Kier molecular flexibility index (Phi) is 5.71. The fraction of sp³-hybridized carbons (Fsp3) is 0.450. The molecule has 0 spiro atoms. The van der Waals surface area contributed by atoms with Crippen LogP contribution in [0.1, 0.15) is 37.3 Å². The van der Waals surface area contributed by atoms with Crippen molar-refractivity contribution in [2.24, 2.45) is 0 Å². The molecule has 138 valence electrons. The van der Waals surface area contributed by atoms with Crippen molar-refractivity contribution in [3.05, 3.63) is 41.7 Å². The van der Waals surface area contributed by atoms with Gasteiger partial charge in [-0.25, -0.2) is 9.97 Å². The molecule has 26 heavy (non-hydrogen) atoms. The van der Waals surface area contributed by atoms with Crippen LogP contribution in [0.5, 0.6) is 5.75 Å². The third-order valence-corrected chi connectivity index (χ3v) is 4.60. The molecule has 1 atom stereocenters. The smallest absolute Gasteiger partial charge is 0.266 e. The first-order chi connectivity index (χ1) is 12.5. The van der Waals surface area contributed by atoms with Gasteiger partial charge in [0.15, 0.2) is 6.10 Å². The van der Waals surface area contributed by atoms with Crippen molar-refractivity contribution >= 4 is 17.5 Å². The highest BCUT2D eigenvalue weighted by molar-refractivity contribution is 5.93. The van der Waals surface area contributed by atoms with Gasteiger partial charge in [0.2, 0.25) is 0 Å². The lowest BCUT2D eigenvalue weighted by Crippen LogP contribution is -2.32. The molecule has 6 nitrogen and oxygen atoms in total. The average molecular weight is 354 g/mol. The Hall–Kier alpha value is -2.63. The second-order valence-electron chi connectivity index (χ2n) is 6.83. The molecule has 0 aliphatic carbocycles. The first-order valence-corrected chi connectivity index (χ1v) is 9.15. The number of nitrogens with zero attached hydrogens (tertiary/aromatic N) is 3. The summed E-state index contributed by atoms with van der Waals surface area (Å²) in [5.41, 5.74) is 2.10. The number of aromatic nitrogens is 2. The number of carbonyl (C=O) groups is 1. The number of amides is 1. The van der Waals surface area contributed by atoms with Gasteiger partial charge in [-0.1, -0.05) is 12.1 Å². The van der Waals surface area contributed by atoms with Gasteiger partial charge < -0.3 is 15.0 Å². The van der Waals surface area contributed by atoms with E-state index >= 15 is 0 Å². The summed E-state index contributed by atoms with van der Waals surface area (Å²) in [4.78, 5) is 23.2. The highest BCUT2D eigenvalue weighted by Crippen LogP contribution is 2.22. The van der Waals surface area contributed by atoms with Crippen LogP contribution >= 0.6 is 0 Å². The molecule has 2 aromatic rings.